The van der Waals surface area contributed by atoms with Gasteiger partial charge in [-0.05, 0) is 37.7 Å². The van der Waals surface area contributed by atoms with E-state index in [1.54, 1.807) is 6.07 Å². The molecule has 0 saturated heterocycles. The largest absolute Gasteiger partial charge is 0.490 e. The van der Waals surface area contributed by atoms with E-state index < -0.39 is 0 Å². The van der Waals surface area contributed by atoms with Gasteiger partial charge in [0, 0.05) is 17.8 Å². The third-order valence-corrected chi connectivity index (χ3v) is 3.54. The van der Waals surface area contributed by atoms with E-state index in [1.807, 2.05) is 0 Å². The van der Waals surface area contributed by atoms with E-state index in [0.717, 1.165) is 12.8 Å². The van der Waals surface area contributed by atoms with Crippen LogP contribution in [0.5, 0.6) is 5.75 Å². The minimum Gasteiger partial charge on any atom is -0.490 e. The Labute approximate surface area is 102 Å². The summed E-state index contributed by atoms with van der Waals surface area (Å²) in [6, 6.07) is 4.42. The van der Waals surface area contributed by atoms with Crippen molar-refractivity contribution in [3.05, 3.63) is 24.0 Å². The monoisotopic (exact) mass is 237 g/mol. The molecule has 2 rings (SSSR count). The van der Waals surface area contributed by atoms with Gasteiger partial charge in [0.05, 0.1) is 0 Å². The Morgan fingerprint density at radius 3 is 2.76 bits per heavy atom. The number of hydrogen-bond donors (Lipinski definition) is 1. The minimum absolute atomic E-state index is 0.218. The van der Waals surface area contributed by atoms with E-state index in [-0.39, 0.29) is 11.9 Å². The van der Waals surface area contributed by atoms with Crippen LogP contribution < -0.4 is 10.5 Å². The molecule has 1 fully saturated rings. The van der Waals surface area contributed by atoms with Gasteiger partial charge in [-0.15, -0.1) is 0 Å². The van der Waals surface area contributed by atoms with Crippen LogP contribution >= 0.6 is 0 Å². The molecule has 2 N–H and O–H groups in total. The Morgan fingerprint density at radius 1 is 1.29 bits per heavy atom. The van der Waals surface area contributed by atoms with Gasteiger partial charge in [-0.2, -0.15) is 0 Å². The summed E-state index contributed by atoms with van der Waals surface area (Å²) in [5.41, 5.74) is 6.03. The van der Waals surface area contributed by atoms with Crippen LogP contribution in [0.15, 0.2) is 18.2 Å². The standard InChI is InChI=1S/C14H20FNO/c1-2-10-5-3-4-6-14(10)17-13-8-11(15)7-12(16)9-13/h7-10,14H,2-6,16H2,1H3. The molecule has 0 spiro atoms. The Bertz CT molecular complexity index is 360. The Hall–Kier alpha value is -1.25. The van der Waals surface area contributed by atoms with Gasteiger partial charge in [0.15, 0.2) is 0 Å². The summed E-state index contributed by atoms with van der Waals surface area (Å²) in [4.78, 5) is 0. The smallest absolute Gasteiger partial charge is 0.128 e. The summed E-state index contributed by atoms with van der Waals surface area (Å²) in [5, 5.41) is 0. The number of hydrogen-bond acceptors (Lipinski definition) is 2. The molecule has 1 aromatic rings. The maximum Gasteiger partial charge on any atom is 0.128 e. The Morgan fingerprint density at radius 2 is 2.06 bits per heavy atom. The van der Waals surface area contributed by atoms with Gasteiger partial charge in [0.2, 0.25) is 0 Å². The highest BCUT2D eigenvalue weighted by Gasteiger charge is 2.25. The SMILES string of the molecule is CCC1CCCCC1Oc1cc(N)cc(F)c1. The maximum atomic E-state index is 13.2. The number of nitrogen functional groups attached to an aromatic ring is 1. The van der Waals surface area contributed by atoms with Gasteiger partial charge in [-0.25, -0.2) is 4.39 Å². The lowest BCUT2D eigenvalue weighted by atomic mass is 9.85. The van der Waals surface area contributed by atoms with E-state index in [2.05, 4.69) is 6.92 Å². The van der Waals surface area contributed by atoms with Gasteiger partial charge in [0.1, 0.15) is 17.7 Å². The molecule has 1 aliphatic carbocycles. The molecule has 0 bridgehead atoms. The average Bonchev–Trinajstić information content (AvgIpc) is 2.28. The van der Waals surface area contributed by atoms with Crippen LogP contribution in [0.4, 0.5) is 10.1 Å². The second kappa shape index (κ2) is 5.39. The molecule has 17 heavy (non-hydrogen) atoms. The van der Waals surface area contributed by atoms with Crippen LogP contribution in [0.25, 0.3) is 0 Å². The minimum atomic E-state index is -0.330. The van der Waals surface area contributed by atoms with E-state index >= 15 is 0 Å². The molecule has 0 aliphatic heterocycles. The molecule has 2 atom stereocenters. The molecule has 1 aromatic carbocycles. The normalized spacial score (nSPS) is 24.6. The summed E-state index contributed by atoms with van der Waals surface area (Å²) >= 11 is 0. The number of halogens is 1. The Balaban J connectivity index is 2.08. The number of benzene rings is 1. The van der Waals surface area contributed by atoms with E-state index in [1.165, 1.54) is 31.4 Å². The fraction of sp³-hybridized carbons (Fsp3) is 0.571. The summed E-state index contributed by atoms with van der Waals surface area (Å²) in [6.07, 6.45) is 6.10. The maximum absolute atomic E-state index is 13.2. The van der Waals surface area contributed by atoms with Crippen molar-refractivity contribution in [2.75, 3.05) is 5.73 Å². The van der Waals surface area contributed by atoms with Crippen molar-refractivity contribution in [2.24, 2.45) is 5.92 Å². The van der Waals surface area contributed by atoms with Crippen molar-refractivity contribution < 1.29 is 9.13 Å². The fourth-order valence-electron chi connectivity index (χ4n) is 2.62. The molecule has 0 amide bonds. The first kappa shape index (κ1) is 12.2. The summed E-state index contributed by atoms with van der Waals surface area (Å²) in [7, 11) is 0. The van der Waals surface area contributed by atoms with Crippen molar-refractivity contribution in [3.8, 4) is 5.75 Å². The first-order chi connectivity index (χ1) is 8.19. The van der Waals surface area contributed by atoms with Crippen LogP contribution in [0.3, 0.4) is 0 Å². The number of nitrogens with two attached hydrogens (primary N) is 1. The molecule has 2 nitrogen and oxygen atoms in total. The van der Waals surface area contributed by atoms with Crippen LogP contribution in [0.1, 0.15) is 39.0 Å². The molecule has 2 unspecified atom stereocenters. The quantitative estimate of drug-likeness (QED) is 0.812. The number of ether oxygens (including phenoxy) is 1. The molecule has 3 heteroatoms. The topological polar surface area (TPSA) is 35.2 Å². The molecular weight excluding hydrogens is 217 g/mol. The number of rotatable bonds is 3. The van der Waals surface area contributed by atoms with Crippen LogP contribution in [-0.2, 0) is 0 Å². The zero-order valence-electron chi connectivity index (χ0n) is 10.3. The predicted molar refractivity (Wildman–Crippen MR) is 67.5 cm³/mol. The molecule has 1 aliphatic rings. The lowest BCUT2D eigenvalue weighted by Gasteiger charge is -2.31. The first-order valence-electron chi connectivity index (χ1n) is 6.41. The predicted octanol–water partition coefficient (Wildman–Crippen LogP) is 3.76. The zero-order chi connectivity index (χ0) is 12.3. The summed E-state index contributed by atoms with van der Waals surface area (Å²) in [6.45, 7) is 2.19. The van der Waals surface area contributed by atoms with Gasteiger partial charge >= 0.3 is 0 Å². The third kappa shape index (κ3) is 3.11. The van der Waals surface area contributed by atoms with E-state index in [9.17, 15) is 4.39 Å². The number of anilines is 1. The van der Waals surface area contributed by atoms with Gasteiger partial charge in [0.25, 0.3) is 0 Å². The zero-order valence-corrected chi connectivity index (χ0v) is 10.3. The molecular formula is C14H20FNO. The van der Waals surface area contributed by atoms with Crippen LogP contribution in [0.2, 0.25) is 0 Å². The van der Waals surface area contributed by atoms with Gasteiger partial charge in [-0.3, -0.25) is 0 Å². The van der Waals surface area contributed by atoms with Gasteiger partial charge in [-0.1, -0.05) is 13.3 Å². The van der Waals surface area contributed by atoms with E-state index in [0.29, 0.717) is 17.4 Å². The second-order valence-electron chi connectivity index (χ2n) is 4.83. The van der Waals surface area contributed by atoms with Crippen molar-refractivity contribution in [3.63, 3.8) is 0 Å². The highest BCUT2D eigenvalue weighted by Crippen LogP contribution is 2.31. The van der Waals surface area contributed by atoms with Crippen molar-refractivity contribution in [2.45, 2.75) is 45.1 Å². The summed E-state index contributed by atoms with van der Waals surface area (Å²) in [5.74, 6) is 0.824. The fourth-order valence-corrected chi connectivity index (χ4v) is 2.62. The van der Waals surface area contributed by atoms with Crippen molar-refractivity contribution in [1.82, 2.24) is 0 Å². The van der Waals surface area contributed by atoms with Crippen molar-refractivity contribution >= 4 is 5.69 Å². The lowest BCUT2D eigenvalue weighted by molar-refractivity contribution is 0.0901. The lowest BCUT2D eigenvalue weighted by Crippen LogP contribution is -2.29. The molecule has 0 aromatic heterocycles. The van der Waals surface area contributed by atoms with Gasteiger partial charge < -0.3 is 10.5 Å². The van der Waals surface area contributed by atoms with Crippen molar-refractivity contribution in [1.29, 1.82) is 0 Å². The second-order valence-corrected chi connectivity index (χ2v) is 4.83. The highest BCUT2D eigenvalue weighted by atomic mass is 19.1. The molecule has 1 saturated carbocycles. The highest BCUT2D eigenvalue weighted by molar-refractivity contribution is 5.44. The Kier molecular flexibility index (Phi) is 3.87. The van der Waals surface area contributed by atoms with Crippen LogP contribution in [-0.4, -0.2) is 6.10 Å². The van der Waals surface area contributed by atoms with Crippen LogP contribution in [0, 0.1) is 11.7 Å². The van der Waals surface area contributed by atoms with E-state index in [4.69, 9.17) is 10.5 Å². The molecule has 0 radical (unpaired) electrons. The average molecular weight is 237 g/mol. The summed E-state index contributed by atoms with van der Waals surface area (Å²) < 4.78 is 19.1. The molecule has 94 valence electrons. The third-order valence-electron chi connectivity index (χ3n) is 3.54. The first-order valence-corrected chi connectivity index (χ1v) is 6.41. The molecule has 0 heterocycles.